The number of anilines is 1. The third kappa shape index (κ3) is 5.56. The summed E-state index contributed by atoms with van der Waals surface area (Å²) in [4.78, 5) is 12.2. The molecule has 0 aliphatic heterocycles. The number of carbonyl (C=O) groups excluding carboxylic acids is 1. The Morgan fingerprint density at radius 1 is 0.931 bits per heavy atom. The van der Waals surface area contributed by atoms with E-state index in [-0.39, 0.29) is 27.3 Å². The van der Waals surface area contributed by atoms with E-state index in [0.717, 1.165) is 5.56 Å². The van der Waals surface area contributed by atoms with Crippen LogP contribution in [0.1, 0.15) is 15.9 Å². The van der Waals surface area contributed by atoms with Crippen molar-refractivity contribution in [1.29, 1.82) is 0 Å². The average Bonchev–Trinajstić information content (AvgIpc) is 2.71. The number of nitrogens with one attached hydrogen (secondary N) is 2. The molecule has 1 amide bonds. The molecule has 8 heteroatoms. The zero-order valence-electron chi connectivity index (χ0n) is 15.2. The minimum absolute atomic E-state index is 0.0141. The van der Waals surface area contributed by atoms with Crippen LogP contribution in [0.3, 0.4) is 0 Å². The van der Waals surface area contributed by atoms with Crippen molar-refractivity contribution in [2.75, 3.05) is 11.3 Å². The molecule has 150 valence electrons. The lowest BCUT2D eigenvalue weighted by molar-refractivity contribution is 0.0954. The number of amides is 1. The molecule has 0 radical (unpaired) electrons. The molecule has 0 bridgehead atoms. The first kappa shape index (κ1) is 20.8. The Bertz CT molecular complexity index is 1100. The van der Waals surface area contributed by atoms with Gasteiger partial charge in [0.1, 0.15) is 5.82 Å². The van der Waals surface area contributed by atoms with E-state index in [1.165, 1.54) is 36.4 Å². The van der Waals surface area contributed by atoms with Crippen LogP contribution in [0.5, 0.6) is 0 Å². The van der Waals surface area contributed by atoms with Crippen LogP contribution in [0.25, 0.3) is 0 Å². The standard InChI is InChI=1S/C21H18ClFN2O3S/c22-19-3-1-2-4-20(19)25-29(27,28)18-11-7-16(8-12-18)21(26)24-14-13-15-5-9-17(23)10-6-15/h1-12,25H,13-14H2,(H,24,26). The number of benzene rings is 3. The molecule has 3 aromatic rings. The van der Waals surface area contributed by atoms with Gasteiger partial charge >= 0.3 is 0 Å². The minimum Gasteiger partial charge on any atom is -0.352 e. The van der Waals surface area contributed by atoms with Crippen LogP contribution in [0.4, 0.5) is 10.1 Å². The second-order valence-electron chi connectivity index (χ2n) is 6.24. The van der Waals surface area contributed by atoms with Crippen LogP contribution in [-0.4, -0.2) is 20.9 Å². The number of halogens is 2. The molecule has 0 aromatic heterocycles. The zero-order chi connectivity index (χ0) is 20.9. The lowest BCUT2D eigenvalue weighted by Crippen LogP contribution is -2.25. The largest absolute Gasteiger partial charge is 0.352 e. The predicted molar refractivity (Wildman–Crippen MR) is 111 cm³/mol. The van der Waals surface area contributed by atoms with Crippen molar-refractivity contribution >= 4 is 33.2 Å². The zero-order valence-corrected chi connectivity index (χ0v) is 16.8. The highest BCUT2D eigenvalue weighted by Gasteiger charge is 2.16. The Morgan fingerprint density at radius 3 is 2.24 bits per heavy atom. The highest BCUT2D eigenvalue weighted by Crippen LogP contribution is 2.24. The van der Waals surface area contributed by atoms with Crippen molar-refractivity contribution in [2.45, 2.75) is 11.3 Å². The fourth-order valence-corrected chi connectivity index (χ4v) is 3.93. The molecule has 0 heterocycles. The molecule has 5 nitrogen and oxygen atoms in total. The van der Waals surface area contributed by atoms with E-state index in [4.69, 9.17) is 11.6 Å². The summed E-state index contributed by atoms with van der Waals surface area (Å²) in [7, 11) is -3.83. The highest BCUT2D eigenvalue weighted by atomic mass is 35.5. The molecule has 29 heavy (non-hydrogen) atoms. The third-order valence-corrected chi connectivity index (χ3v) is 5.87. The third-order valence-electron chi connectivity index (χ3n) is 4.16. The van der Waals surface area contributed by atoms with Gasteiger partial charge in [-0.3, -0.25) is 9.52 Å². The molecule has 3 rings (SSSR count). The number of sulfonamides is 1. The van der Waals surface area contributed by atoms with E-state index in [9.17, 15) is 17.6 Å². The van der Waals surface area contributed by atoms with E-state index in [1.807, 2.05) is 0 Å². The SMILES string of the molecule is O=C(NCCc1ccc(F)cc1)c1ccc(S(=O)(=O)Nc2ccccc2Cl)cc1. The van der Waals surface area contributed by atoms with Crippen molar-refractivity contribution < 1.29 is 17.6 Å². The Labute approximate surface area is 173 Å². The van der Waals surface area contributed by atoms with Gasteiger partial charge in [0.2, 0.25) is 0 Å². The van der Waals surface area contributed by atoms with Gasteiger partial charge in [0.25, 0.3) is 15.9 Å². The first-order valence-electron chi connectivity index (χ1n) is 8.75. The summed E-state index contributed by atoms with van der Waals surface area (Å²) in [6.45, 7) is 0.374. The van der Waals surface area contributed by atoms with Crippen molar-refractivity contribution in [2.24, 2.45) is 0 Å². The van der Waals surface area contributed by atoms with Gasteiger partial charge in [0.05, 0.1) is 15.6 Å². The number of para-hydroxylation sites is 1. The molecule has 0 atom stereocenters. The summed E-state index contributed by atoms with van der Waals surface area (Å²) in [6.07, 6.45) is 0.556. The molecular weight excluding hydrogens is 415 g/mol. The first-order chi connectivity index (χ1) is 13.8. The number of hydrogen-bond acceptors (Lipinski definition) is 3. The van der Waals surface area contributed by atoms with Gasteiger partial charge in [-0.25, -0.2) is 12.8 Å². The predicted octanol–water partition coefficient (Wildman–Crippen LogP) is 4.25. The number of carbonyl (C=O) groups is 1. The van der Waals surface area contributed by atoms with Gasteiger partial charge < -0.3 is 5.32 Å². The van der Waals surface area contributed by atoms with Crippen LogP contribution in [-0.2, 0) is 16.4 Å². The Hall–Kier alpha value is -2.90. The molecule has 2 N–H and O–H groups in total. The molecule has 0 unspecified atom stereocenters. The van der Waals surface area contributed by atoms with E-state index >= 15 is 0 Å². The van der Waals surface area contributed by atoms with Crippen molar-refractivity contribution in [1.82, 2.24) is 5.32 Å². The topological polar surface area (TPSA) is 75.3 Å². The maximum absolute atomic E-state index is 12.9. The van der Waals surface area contributed by atoms with Gasteiger partial charge in [0.15, 0.2) is 0 Å². The van der Waals surface area contributed by atoms with E-state index in [0.29, 0.717) is 18.5 Å². The van der Waals surface area contributed by atoms with E-state index < -0.39 is 10.0 Å². The molecule has 0 aliphatic rings. The highest BCUT2D eigenvalue weighted by molar-refractivity contribution is 7.92. The summed E-state index contributed by atoms with van der Waals surface area (Å²) in [5, 5.41) is 3.04. The van der Waals surface area contributed by atoms with Crippen LogP contribution >= 0.6 is 11.6 Å². The minimum atomic E-state index is -3.83. The summed E-state index contributed by atoms with van der Waals surface area (Å²) in [5.74, 6) is -0.632. The second-order valence-corrected chi connectivity index (χ2v) is 8.33. The van der Waals surface area contributed by atoms with Gasteiger partial charge in [0, 0.05) is 12.1 Å². The molecule has 0 spiro atoms. The summed E-state index contributed by atoms with van der Waals surface area (Å²) < 4.78 is 40.3. The lowest BCUT2D eigenvalue weighted by Gasteiger charge is -2.10. The smallest absolute Gasteiger partial charge is 0.261 e. The summed E-state index contributed by atoms with van der Waals surface area (Å²) in [5.41, 5.74) is 1.51. The molecule has 0 saturated heterocycles. The Kier molecular flexibility index (Phi) is 6.51. The fraction of sp³-hybridized carbons (Fsp3) is 0.0952. The maximum Gasteiger partial charge on any atom is 0.261 e. The molecular formula is C21H18ClFN2O3S. The molecule has 0 fully saturated rings. The molecule has 0 saturated carbocycles. The molecule has 0 aliphatic carbocycles. The summed E-state index contributed by atoms with van der Waals surface area (Å²) in [6, 6.07) is 18.2. The monoisotopic (exact) mass is 432 g/mol. The van der Waals surface area contributed by atoms with E-state index in [1.54, 1.807) is 36.4 Å². The maximum atomic E-state index is 12.9. The number of rotatable bonds is 7. The Balaban J connectivity index is 1.60. The van der Waals surface area contributed by atoms with Gasteiger partial charge in [-0.05, 0) is 60.5 Å². The van der Waals surface area contributed by atoms with Crippen LogP contribution in [0.15, 0.2) is 77.7 Å². The Morgan fingerprint density at radius 2 is 1.59 bits per heavy atom. The second kappa shape index (κ2) is 9.07. The lowest BCUT2D eigenvalue weighted by atomic mass is 10.1. The van der Waals surface area contributed by atoms with Crippen molar-refractivity contribution in [3.8, 4) is 0 Å². The quantitative estimate of drug-likeness (QED) is 0.586. The first-order valence-corrected chi connectivity index (χ1v) is 10.6. The van der Waals surface area contributed by atoms with Crippen molar-refractivity contribution in [3.63, 3.8) is 0 Å². The normalized spacial score (nSPS) is 11.1. The van der Waals surface area contributed by atoms with Gasteiger partial charge in [-0.2, -0.15) is 0 Å². The molecule has 3 aromatic carbocycles. The van der Waals surface area contributed by atoms with Gasteiger partial charge in [-0.1, -0.05) is 35.9 Å². The fourth-order valence-electron chi connectivity index (χ4n) is 2.61. The van der Waals surface area contributed by atoms with Crippen molar-refractivity contribution in [3.05, 3.63) is 94.8 Å². The van der Waals surface area contributed by atoms with Gasteiger partial charge in [-0.15, -0.1) is 0 Å². The van der Waals surface area contributed by atoms with Crippen LogP contribution in [0, 0.1) is 5.82 Å². The average molecular weight is 433 g/mol. The van der Waals surface area contributed by atoms with Crippen LogP contribution < -0.4 is 10.0 Å². The number of hydrogen-bond donors (Lipinski definition) is 2. The summed E-state index contributed by atoms with van der Waals surface area (Å²) >= 11 is 5.99. The van der Waals surface area contributed by atoms with E-state index in [2.05, 4.69) is 10.0 Å². The van der Waals surface area contributed by atoms with Crippen LogP contribution in [0.2, 0.25) is 5.02 Å².